The van der Waals surface area contributed by atoms with Crippen LogP contribution in [-0.2, 0) is 16.9 Å². The summed E-state index contributed by atoms with van der Waals surface area (Å²) >= 11 is 0. The smallest absolute Gasteiger partial charge is 0.258 e. The van der Waals surface area contributed by atoms with Gasteiger partial charge in [-0.05, 0) is 36.1 Å². The average Bonchev–Trinajstić information content (AvgIpc) is 2.71. The molecule has 0 fully saturated rings. The van der Waals surface area contributed by atoms with E-state index in [-0.39, 0.29) is 16.2 Å². The number of hydrogen-bond acceptors (Lipinski definition) is 4. The molecule has 3 aromatic rings. The lowest BCUT2D eigenvalue weighted by Gasteiger charge is -2.16. The van der Waals surface area contributed by atoms with Crippen molar-refractivity contribution in [3.8, 4) is 16.9 Å². The summed E-state index contributed by atoms with van der Waals surface area (Å²) in [7, 11) is -1.67. The zero-order valence-electron chi connectivity index (χ0n) is 16.4. The molecule has 2 aromatic carbocycles. The summed E-state index contributed by atoms with van der Waals surface area (Å²) in [6.45, 7) is 4.26. The Bertz CT molecular complexity index is 1160. The molecule has 1 heterocycles. The van der Waals surface area contributed by atoms with Gasteiger partial charge in [-0.25, -0.2) is 8.42 Å². The molecule has 3 rings (SSSR count). The molecule has 0 aliphatic rings. The molecule has 0 radical (unpaired) electrons. The Morgan fingerprint density at radius 2 is 1.71 bits per heavy atom. The molecule has 0 saturated carbocycles. The summed E-state index contributed by atoms with van der Waals surface area (Å²) < 4.78 is 32.4. The van der Waals surface area contributed by atoms with Crippen LogP contribution in [0.15, 0.2) is 58.4 Å². The number of sulfone groups is 1. The van der Waals surface area contributed by atoms with E-state index >= 15 is 0 Å². The number of nitrogens with zero attached hydrogens (tertiary/aromatic N) is 1. The topological polar surface area (TPSA) is 65.4 Å². The number of fused-ring (bicyclic) bond motifs is 1. The van der Waals surface area contributed by atoms with Crippen LogP contribution >= 0.6 is 0 Å². The Morgan fingerprint density at radius 1 is 1.00 bits per heavy atom. The monoisotopic (exact) mass is 399 g/mol. The van der Waals surface area contributed by atoms with Crippen molar-refractivity contribution < 1.29 is 13.2 Å². The van der Waals surface area contributed by atoms with Crippen molar-refractivity contribution in [1.82, 2.24) is 4.57 Å². The van der Waals surface area contributed by atoms with Gasteiger partial charge in [0.2, 0.25) is 0 Å². The number of ether oxygens (including phenoxy) is 1. The second-order valence-electron chi connectivity index (χ2n) is 6.77. The van der Waals surface area contributed by atoms with Gasteiger partial charge in [0.05, 0.1) is 17.3 Å². The van der Waals surface area contributed by atoms with Gasteiger partial charge in [-0.1, -0.05) is 38.5 Å². The summed E-state index contributed by atoms with van der Waals surface area (Å²) in [5.74, 6) is 0.642. The van der Waals surface area contributed by atoms with Crippen molar-refractivity contribution in [2.24, 2.45) is 7.05 Å². The van der Waals surface area contributed by atoms with Crippen molar-refractivity contribution in [2.75, 3.05) is 12.4 Å². The first kappa shape index (κ1) is 20.1. The van der Waals surface area contributed by atoms with Gasteiger partial charge in [0, 0.05) is 29.8 Å². The van der Waals surface area contributed by atoms with Crippen LogP contribution in [0.25, 0.3) is 21.9 Å². The number of aromatic nitrogens is 1. The number of rotatable bonds is 7. The third kappa shape index (κ3) is 3.83. The number of aryl methyl sites for hydroxylation is 1. The fourth-order valence-electron chi connectivity index (χ4n) is 3.16. The van der Waals surface area contributed by atoms with Crippen molar-refractivity contribution >= 4 is 20.6 Å². The summed E-state index contributed by atoms with van der Waals surface area (Å²) in [5.41, 5.74) is 1.36. The molecule has 0 spiro atoms. The van der Waals surface area contributed by atoms with E-state index < -0.39 is 9.84 Å². The second kappa shape index (κ2) is 8.19. The van der Waals surface area contributed by atoms with Crippen LogP contribution in [0.4, 0.5) is 0 Å². The number of hydrogen-bond donors (Lipinski definition) is 0. The predicted molar refractivity (Wildman–Crippen MR) is 113 cm³/mol. The summed E-state index contributed by atoms with van der Waals surface area (Å²) in [4.78, 5) is 12.8. The highest BCUT2D eigenvalue weighted by Gasteiger charge is 2.18. The lowest BCUT2D eigenvalue weighted by atomic mass is 10.00. The van der Waals surface area contributed by atoms with Crippen molar-refractivity contribution in [3.05, 3.63) is 59.0 Å². The van der Waals surface area contributed by atoms with Gasteiger partial charge in [-0.15, -0.1) is 0 Å². The minimum absolute atomic E-state index is 0.0243. The lowest BCUT2D eigenvalue weighted by molar-refractivity contribution is 0.310. The van der Waals surface area contributed by atoms with Crippen molar-refractivity contribution in [2.45, 2.75) is 31.6 Å². The summed E-state index contributed by atoms with van der Waals surface area (Å²) in [6.07, 6.45) is 3.65. The van der Waals surface area contributed by atoms with Crippen LogP contribution < -0.4 is 10.3 Å². The standard InChI is InChI=1S/C22H25NO4S/c1-4-6-13-27-21-12-11-16(28(25,26)5-2)14-19(21)20-15-23(3)22(24)18-10-8-7-9-17(18)20/h7-12,14-15H,4-6,13H2,1-3H3. The average molecular weight is 400 g/mol. The minimum atomic E-state index is -3.37. The fourth-order valence-corrected chi connectivity index (χ4v) is 4.07. The van der Waals surface area contributed by atoms with Crippen LogP contribution in [0.2, 0.25) is 0 Å². The minimum Gasteiger partial charge on any atom is -0.493 e. The summed E-state index contributed by atoms with van der Waals surface area (Å²) in [5, 5.41) is 1.36. The van der Waals surface area contributed by atoms with Gasteiger partial charge < -0.3 is 9.30 Å². The molecule has 1 aromatic heterocycles. The Hall–Kier alpha value is -2.60. The van der Waals surface area contributed by atoms with E-state index in [1.165, 1.54) is 4.57 Å². The van der Waals surface area contributed by atoms with E-state index in [1.54, 1.807) is 44.4 Å². The fraction of sp³-hybridized carbons (Fsp3) is 0.318. The lowest BCUT2D eigenvalue weighted by Crippen LogP contribution is -2.16. The SMILES string of the molecule is CCCCOc1ccc(S(=O)(=O)CC)cc1-c1cn(C)c(=O)c2ccccc12. The molecular weight excluding hydrogens is 374 g/mol. The van der Waals surface area contributed by atoms with Crippen LogP contribution in [0.3, 0.4) is 0 Å². The number of unbranched alkanes of at least 4 members (excludes halogenated alkanes) is 1. The molecule has 0 N–H and O–H groups in total. The van der Waals surface area contributed by atoms with Crippen LogP contribution in [0.1, 0.15) is 26.7 Å². The van der Waals surface area contributed by atoms with Crippen LogP contribution in [0, 0.1) is 0 Å². The molecule has 148 valence electrons. The predicted octanol–water partition coefficient (Wildman–Crippen LogP) is 4.18. The molecular formula is C22H25NO4S. The number of benzene rings is 2. The third-order valence-corrected chi connectivity index (χ3v) is 6.56. The maximum Gasteiger partial charge on any atom is 0.258 e. The Morgan fingerprint density at radius 3 is 2.39 bits per heavy atom. The molecule has 0 bridgehead atoms. The molecule has 0 aliphatic heterocycles. The van der Waals surface area contributed by atoms with Crippen LogP contribution in [-0.4, -0.2) is 25.3 Å². The molecule has 0 amide bonds. The molecule has 0 aliphatic carbocycles. The normalized spacial score (nSPS) is 11.7. The molecule has 28 heavy (non-hydrogen) atoms. The van der Waals surface area contributed by atoms with Crippen LogP contribution in [0.5, 0.6) is 5.75 Å². The highest BCUT2D eigenvalue weighted by molar-refractivity contribution is 7.91. The first-order chi connectivity index (χ1) is 13.4. The largest absolute Gasteiger partial charge is 0.493 e. The van der Waals surface area contributed by atoms with Gasteiger partial charge in [-0.3, -0.25) is 4.79 Å². The summed E-state index contributed by atoms with van der Waals surface area (Å²) in [6, 6.07) is 12.3. The Balaban J connectivity index is 2.30. The number of pyridine rings is 1. The molecule has 6 heteroatoms. The first-order valence-corrected chi connectivity index (χ1v) is 11.1. The van der Waals surface area contributed by atoms with Gasteiger partial charge >= 0.3 is 0 Å². The molecule has 5 nitrogen and oxygen atoms in total. The van der Waals surface area contributed by atoms with E-state index in [0.29, 0.717) is 23.3 Å². The highest BCUT2D eigenvalue weighted by atomic mass is 32.2. The highest BCUT2D eigenvalue weighted by Crippen LogP contribution is 2.36. The van der Waals surface area contributed by atoms with E-state index in [0.717, 1.165) is 23.8 Å². The van der Waals surface area contributed by atoms with Gasteiger partial charge in [0.25, 0.3) is 5.56 Å². The van der Waals surface area contributed by atoms with E-state index in [4.69, 9.17) is 4.74 Å². The van der Waals surface area contributed by atoms with Crippen molar-refractivity contribution in [3.63, 3.8) is 0 Å². The Kier molecular flexibility index (Phi) is 5.89. The zero-order chi connectivity index (χ0) is 20.3. The maximum absolute atomic E-state index is 12.5. The maximum atomic E-state index is 12.5. The molecule has 0 unspecified atom stereocenters. The zero-order valence-corrected chi connectivity index (χ0v) is 17.3. The second-order valence-corrected chi connectivity index (χ2v) is 9.05. The Labute approximate surface area is 165 Å². The van der Waals surface area contributed by atoms with Gasteiger partial charge in [-0.2, -0.15) is 0 Å². The van der Waals surface area contributed by atoms with Gasteiger partial charge in [0.1, 0.15) is 5.75 Å². The molecule has 0 saturated heterocycles. The molecule has 0 atom stereocenters. The van der Waals surface area contributed by atoms with E-state index in [9.17, 15) is 13.2 Å². The first-order valence-electron chi connectivity index (χ1n) is 9.47. The van der Waals surface area contributed by atoms with E-state index in [2.05, 4.69) is 6.92 Å². The quantitative estimate of drug-likeness (QED) is 0.559. The van der Waals surface area contributed by atoms with Gasteiger partial charge in [0.15, 0.2) is 9.84 Å². The van der Waals surface area contributed by atoms with Crippen molar-refractivity contribution in [1.29, 1.82) is 0 Å². The van der Waals surface area contributed by atoms with E-state index in [1.807, 2.05) is 18.2 Å². The third-order valence-electron chi connectivity index (χ3n) is 4.83.